The van der Waals surface area contributed by atoms with E-state index in [4.69, 9.17) is 0 Å². The first-order valence-corrected chi connectivity index (χ1v) is 8.71. The van der Waals surface area contributed by atoms with Gasteiger partial charge in [0.2, 0.25) is 5.91 Å². The molecule has 0 spiro atoms. The summed E-state index contributed by atoms with van der Waals surface area (Å²) < 4.78 is 23.3. The standard InChI is InChI=1S/C12H23N3O3S/c16-12(10-15-6-2-4-13-5-7-15)14-9-11-3-1-8-19(11,17)18/h11,13H,1-10H2,(H,14,16). The summed E-state index contributed by atoms with van der Waals surface area (Å²) in [7, 11) is -2.96. The molecule has 0 saturated carbocycles. The van der Waals surface area contributed by atoms with Gasteiger partial charge in [-0.2, -0.15) is 0 Å². The third-order valence-electron chi connectivity index (χ3n) is 3.79. The number of carbonyl (C=O) groups is 1. The monoisotopic (exact) mass is 289 g/mol. The molecule has 2 heterocycles. The van der Waals surface area contributed by atoms with Crippen molar-refractivity contribution in [1.29, 1.82) is 0 Å². The second-order valence-electron chi connectivity index (χ2n) is 5.31. The van der Waals surface area contributed by atoms with E-state index in [-0.39, 0.29) is 23.5 Å². The molecule has 0 radical (unpaired) electrons. The Bertz CT molecular complexity index is 402. The van der Waals surface area contributed by atoms with Crippen LogP contribution in [0.3, 0.4) is 0 Å². The van der Waals surface area contributed by atoms with Gasteiger partial charge in [0.05, 0.1) is 17.5 Å². The van der Waals surface area contributed by atoms with E-state index in [2.05, 4.69) is 15.5 Å². The quantitative estimate of drug-likeness (QED) is 0.692. The van der Waals surface area contributed by atoms with Crippen LogP contribution in [0.25, 0.3) is 0 Å². The lowest BCUT2D eigenvalue weighted by Gasteiger charge is -2.19. The zero-order valence-electron chi connectivity index (χ0n) is 11.2. The van der Waals surface area contributed by atoms with E-state index in [9.17, 15) is 13.2 Å². The van der Waals surface area contributed by atoms with Gasteiger partial charge < -0.3 is 10.6 Å². The average molecular weight is 289 g/mol. The molecule has 0 aromatic rings. The Labute approximate surface area is 114 Å². The number of hydrogen-bond acceptors (Lipinski definition) is 5. The summed E-state index contributed by atoms with van der Waals surface area (Å²) in [4.78, 5) is 13.9. The van der Waals surface area contributed by atoms with Crippen molar-refractivity contribution in [3.63, 3.8) is 0 Å². The van der Waals surface area contributed by atoms with E-state index in [1.807, 2.05) is 0 Å². The molecule has 0 aliphatic carbocycles. The molecule has 1 unspecified atom stereocenters. The van der Waals surface area contributed by atoms with Crippen LogP contribution >= 0.6 is 0 Å². The van der Waals surface area contributed by atoms with Crippen molar-refractivity contribution in [2.24, 2.45) is 0 Å². The van der Waals surface area contributed by atoms with E-state index < -0.39 is 9.84 Å². The number of nitrogens with zero attached hydrogens (tertiary/aromatic N) is 1. The summed E-state index contributed by atoms with van der Waals surface area (Å²) in [6.07, 6.45) is 2.45. The van der Waals surface area contributed by atoms with Crippen LogP contribution in [0.4, 0.5) is 0 Å². The lowest BCUT2D eigenvalue weighted by atomic mass is 10.2. The van der Waals surface area contributed by atoms with Crippen LogP contribution in [0.1, 0.15) is 19.3 Å². The Morgan fingerprint density at radius 3 is 2.84 bits per heavy atom. The first-order chi connectivity index (χ1) is 9.08. The minimum Gasteiger partial charge on any atom is -0.354 e. The molecule has 1 amide bonds. The van der Waals surface area contributed by atoms with Crippen molar-refractivity contribution < 1.29 is 13.2 Å². The molecular weight excluding hydrogens is 266 g/mol. The molecule has 2 fully saturated rings. The fraction of sp³-hybridized carbons (Fsp3) is 0.917. The van der Waals surface area contributed by atoms with Gasteiger partial charge in [0, 0.05) is 19.6 Å². The maximum Gasteiger partial charge on any atom is 0.234 e. The minimum absolute atomic E-state index is 0.0657. The molecular formula is C12H23N3O3S. The highest BCUT2D eigenvalue weighted by Crippen LogP contribution is 2.18. The second-order valence-corrected chi connectivity index (χ2v) is 7.72. The number of nitrogens with one attached hydrogen (secondary N) is 2. The predicted molar refractivity (Wildman–Crippen MR) is 73.7 cm³/mol. The smallest absolute Gasteiger partial charge is 0.234 e. The molecule has 7 heteroatoms. The molecule has 0 aromatic heterocycles. The lowest BCUT2D eigenvalue weighted by Crippen LogP contribution is -2.42. The van der Waals surface area contributed by atoms with Crippen molar-refractivity contribution in [2.75, 3.05) is 45.0 Å². The Balaban J connectivity index is 1.72. The van der Waals surface area contributed by atoms with Crippen LogP contribution in [0, 0.1) is 0 Å². The van der Waals surface area contributed by atoms with Gasteiger partial charge >= 0.3 is 0 Å². The molecule has 2 aliphatic rings. The van der Waals surface area contributed by atoms with Crippen molar-refractivity contribution in [3.8, 4) is 0 Å². The van der Waals surface area contributed by atoms with Crippen molar-refractivity contribution in [3.05, 3.63) is 0 Å². The highest BCUT2D eigenvalue weighted by atomic mass is 32.2. The van der Waals surface area contributed by atoms with Crippen molar-refractivity contribution in [2.45, 2.75) is 24.5 Å². The number of carbonyl (C=O) groups excluding carboxylic acids is 1. The largest absolute Gasteiger partial charge is 0.354 e. The second kappa shape index (κ2) is 6.67. The van der Waals surface area contributed by atoms with Gasteiger partial charge in [-0.05, 0) is 32.4 Å². The van der Waals surface area contributed by atoms with Gasteiger partial charge in [0.25, 0.3) is 0 Å². The summed E-state index contributed by atoms with van der Waals surface area (Å²) in [6.45, 7) is 4.34. The zero-order valence-corrected chi connectivity index (χ0v) is 12.0. The third-order valence-corrected chi connectivity index (χ3v) is 6.07. The van der Waals surface area contributed by atoms with Gasteiger partial charge in [-0.25, -0.2) is 8.42 Å². The SMILES string of the molecule is O=C(CN1CCCNCC1)NCC1CCCS1(=O)=O. The molecule has 2 rings (SSSR count). The zero-order chi connectivity index (χ0) is 13.7. The van der Waals surface area contributed by atoms with Crippen LogP contribution in [0.5, 0.6) is 0 Å². The van der Waals surface area contributed by atoms with Gasteiger partial charge in [0.15, 0.2) is 9.84 Å². The maximum absolute atomic E-state index is 11.8. The fourth-order valence-corrected chi connectivity index (χ4v) is 4.40. The van der Waals surface area contributed by atoms with Crippen molar-refractivity contribution >= 4 is 15.7 Å². The molecule has 0 bridgehead atoms. The Morgan fingerprint density at radius 2 is 2.11 bits per heavy atom. The Hall–Kier alpha value is -0.660. The molecule has 19 heavy (non-hydrogen) atoms. The highest BCUT2D eigenvalue weighted by molar-refractivity contribution is 7.92. The van der Waals surface area contributed by atoms with Crippen LogP contribution in [0.2, 0.25) is 0 Å². The van der Waals surface area contributed by atoms with Crippen LogP contribution in [0.15, 0.2) is 0 Å². The Morgan fingerprint density at radius 1 is 1.26 bits per heavy atom. The summed E-state index contributed by atoms with van der Waals surface area (Å²) >= 11 is 0. The third kappa shape index (κ3) is 4.43. The lowest BCUT2D eigenvalue weighted by molar-refractivity contribution is -0.122. The molecule has 1 atom stereocenters. The average Bonchev–Trinajstić information content (AvgIpc) is 2.54. The van der Waals surface area contributed by atoms with Gasteiger partial charge in [-0.3, -0.25) is 9.69 Å². The predicted octanol–water partition coefficient (Wildman–Crippen LogP) is -1.02. The summed E-state index contributed by atoms with van der Waals surface area (Å²) in [5, 5.41) is 5.68. The van der Waals surface area contributed by atoms with Crippen LogP contribution in [-0.4, -0.2) is 69.5 Å². The number of sulfone groups is 1. The van der Waals surface area contributed by atoms with Crippen LogP contribution in [-0.2, 0) is 14.6 Å². The summed E-state index contributed by atoms with van der Waals surface area (Å²) in [6, 6.07) is 0. The van der Waals surface area contributed by atoms with E-state index >= 15 is 0 Å². The fourth-order valence-electron chi connectivity index (χ4n) is 2.63. The van der Waals surface area contributed by atoms with E-state index in [1.54, 1.807) is 0 Å². The molecule has 0 aromatic carbocycles. The summed E-state index contributed by atoms with van der Waals surface area (Å²) in [5.41, 5.74) is 0. The number of hydrogen-bond donors (Lipinski definition) is 2. The highest BCUT2D eigenvalue weighted by Gasteiger charge is 2.31. The van der Waals surface area contributed by atoms with E-state index in [0.29, 0.717) is 13.0 Å². The molecule has 2 saturated heterocycles. The first-order valence-electron chi connectivity index (χ1n) is 6.99. The topological polar surface area (TPSA) is 78.5 Å². The van der Waals surface area contributed by atoms with Gasteiger partial charge in [-0.15, -0.1) is 0 Å². The van der Waals surface area contributed by atoms with E-state index in [1.165, 1.54) is 0 Å². The Kier molecular flexibility index (Phi) is 5.18. The maximum atomic E-state index is 11.8. The minimum atomic E-state index is -2.96. The number of rotatable bonds is 4. The van der Waals surface area contributed by atoms with Crippen LogP contribution < -0.4 is 10.6 Å². The van der Waals surface area contributed by atoms with E-state index in [0.717, 1.165) is 39.0 Å². The summed E-state index contributed by atoms with van der Waals surface area (Å²) in [5.74, 6) is 0.203. The van der Waals surface area contributed by atoms with Crippen molar-refractivity contribution in [1.82, 2.24) is 15.5 Å². The normalized spacial score (nSPS) is 27.9. The molecule has 110 valence electrons. The number of amides is 1. The van der Waals surface area contributed by atoms with Gasteiger partial charge in [0.1, 0.15) is 0 Å². The first kappa shape index (κ1) is 14.7. The molecule has 2 N–H and O–H groups in total. The molecule has 6 nitrogen and oxygen atoms in total. The molecule has 2 aliphatic heterocycles. The van der Waals surface area contributed by atoms with Gasteiger partial charge in [-0.1, -0.05) is 0 Å².